The number of carbonyl (C=O) groups is 3. The van der Waals surface area contributed by atoms with E-state index in [-0.39, 0.29) is 30.9 Å². The number of carbonyl (C=O) groups excluding carboxylic acids is 2. The van der Waals surface area contributed by atoms with Crippen LogP contribution in [0.4, 0.5) is 13.6 Å². The molecule has 0 bridgehead atoms. The summed E-state index contributed by atoms with van der Waals surface area (Å²) in [5.74, 6) is -3.26. The summed E-state index contributed by atoms with van der Waals surface area (Å²) >= 11 is 0. The normalized spacial score (nSPS) is 48.1. The molecule has 0 spiro atoms. The first kappa shape index (κ1) is 29.2. The molecule has 9 heteroatoms. The van der Waals surface area contributed by atoms with E-state index in [1.165, 1.54) is 19.1 Å². The molecule has 5 aliphatic rings. The lowest BCUT2D eigenvalue weighted by molar-refractivity contribution is -0.232. The van der Waals surface area contributed by atoms with E-state index < -0.39 is 70.0 Å². The van der Waals surface area contributed by atoms with Crippen LogP contribution in [-0.2, 0) is 19.1 Å². The highest BCUT2D eigenvalue weighted by Gasteiger charge is 2.78. The highest BCUT2D eigenvalue weighted by atomic mass is 19.1. The molecular weight excluding hydrogens is 522 g/mol. The minimum Gasteiger partial charge on any atom is -0.478 e. The molecule has 0 aromatic heterocycles. The maximum atomic E-state index is 17.4. The molecular formula is C31H42F2O7. The molecule has 0 aromatic carbocycles. The van der Waals surface area contributed by atoms with Gasteiger partial charge in [0.15, 0.2) is 11.5 Å². The van der Waals surface area contributed by atoms with Gasteiger partial charge in [0.05, 0.1) is 6.10 Å². The van der Waals surface area contributed by atoms with Crippen molar-refractivity contribution in [3.8, 4) is 0 Å². The molecule has 5 aliphatic carbocycles. The zero-order valence-corrected chi connectivity index (χ0v) is 24.0. The lowest BCUT2D eigenvalue weighted by Crippen LogP contribution is -2.71. The summed E-state index contributed by atoms with van der Waals surface area (Å²) in [6, 6.07) is 0. The average Bonchev–Trinajstić information content (AvgIpc) is 3.09. The Bertz CT molecular complexity index is 1140. The minimum atomic E-state index is -2.34. The van der Waals surface area contributed by atoms with Crippen LogP contribution < -0.4 is 0 Å². The molecule has 0 aliphatic heterocycles. The standard InChI is InChI=1S/C31H42F2O7/c1-16(2)18-6-8-20(9-7-18)39-27(38)40-31(26(36)37)17(3)12-21-22-14-24(32)23-13-19(34)10-11-28(23,4)30(22,33)25(35)15-29(21,31)5/h10-11,13,16-18,20-22,24-25,35H,6-9,12,14-15H2,1-5H3,(H,36,37)/t17-,18?,20?,21+,22+,24+,25+,28+,29+,30+,31?/m1/s1. The number of carboxylic acids is 1. The molecule has 0 amide bonds. The Labute approximate surface area is 234 Å². The molecule has 0 radical (unpaired) electrons. The molecule has 40 heavy (non-hydrogen) atoms. The van der Waals surface area contributed by atoms with Crippen LogP contribution in [0.25, 0.3) is 0 Å². The second kappa shape index (κ2) is 9.63. The van der Waals surface area contributed by atoms with Crippen LogP contribution in [0.1, 0.15) is 79.6 Å². The summed E-state index contributed by atoms with van der Waals surface area (Å²) in [7, 11) is 0. The van der Waals surface area contributed by atoms with E-state index in [0.29, 0.717) is 24.7 Å². The number of ketones is 1. The van der Waals surface area contributed by atoms with E-state index in [2.05, 4.69) is 13.8 Å². The van der Waals surface area contributed by atoms with Crippen LogP contribution in [0.3, 0.4) is 0 Å². The number of fused-ring (bicyclic) bond motifs is 5. The topological polar surface area (TPSA) is 110 Å². The summed E-state index contributed by atoms with van der Waals surface area (Å²) in [6.07, 6.45) is 1.60. The van der Waals surface area contributed by atoms with Crippen molar-refractivity contribution in [1.29, 1.82) is 0 Å². The van der Waals surface area contributed by atoms with Gasteiger partial charge >= 0.3 is 12.1 Å². The second-order valence-electron chi connectivity index (χ2n) is 13.8. The Morgan fingerprint density at radius 3 is 2.35 bits per heavy atom. The molecule has 4 saturated carbocycles. The van der Waals surface area contributed by atoms with Crippen molar-refractivity contribution < 1.29 is 42.9 Å². The molecule has 9 atom stereocenters. The number of aliphatic hydroxyl groups excluding tert-OH is 1. The highest BCUT2D eigenvalue weighted by molar-refractivity contribution is 6.01. The molecule has 0 heterocycles. The number of hydrogen-bond acceptors (Lipinski definition) is 6. The molecule has 7 nitrogen and oxygen atoms in total. The fourth-order valence-electron chi connectivity index (χ4n) is 9.41. The number of ether oxygens (including phenoxy) is 2. The Kier molecular flexibility index (Phi) is 7.03. The number of aliphatic hydroxyl groups is 1. The third-order valence-corrected chi connectivity index (χ3v) is 11.7. The number of carboxylic acid groups (broad SMARTS) is 1. The minimum absolute atomic E-state index is 0.00367. The number of aliphatic carboxylic acids is 1. The van der Waals surface area contributed by atoms with Crippen LogP contribution in [0, 0.1) is 40.4 Å². The smallest absolute Gasteiger partial charge is 0.478 e. The van der Waals surface area contributed by atoms with Crippen LogP contribution in [0.5, 0.6) is 0 Å². The van der Waals surface area contributed by atoms with E-state index in [1.807, 2.05) is 0 Å². The van der Waals surface area contributed by atoms with Crippen molar-refractivity contribution in [2.45, 2.75) is 109 Å². The van der Waals surface area contributed by atoms with Gasteiger partial charge in [0.2, 0.25) is 5.60 Å². The summed E-state index contributed by atoms with van der Waals surface area (Å²) in [5.41, 5.74) is -7.39. The predicted octanol–water partition coefficient (Wildman–Crippen LogP) is 5.74. The molecule has 5 rings (SSSR count). The van der Waals surface area contributed by atoms with E-state index in [0.717, 1.165) is 18.9 Å². The third kappa shape index (κ3) is 3.85. The van der Waals surface area contributed by atoms with Gasteiger partial charge in [0, 0.05) is 22.7 Å². The summed E-state index contributed by atoms with van der Waals surface area (Å²) < 4.78 is 44.5. The SMILES string of the molecule is CC(C)C1CCC(OC(=O)OC2(C(=O)O)[C@H](C)C[C@H]3[C@@H]4C[C@H](F)C5=CC(=O)C=C[C@]5(C)[C@@]4(F)[C@@H](O)C[C@@]32C)CC1. The van der Waals surface area contributed by atoms with E-state index in [9.17, 15) is 24.6 Å². The zero-order valence-electron chi connectivity index (χ0n) is 24.0. The molecule has 1 unspecified atom stereocenters. The number of halogens is 2. The van der Waals surface area contributed by atoms with E-state index in [4.69, 9.17) is 9.47 Å². The van der Waals surface area contributed by atoms with Crippen molar-refractivity contribution in [1.82, 2.24) is 0 Å². The van der Waals surface area contributed by atoms with Crippen molar-refractivity contribution >= 4 is 17.9 Å². The van der Waals surface area contributed by atoms with Gasteiger partial charge in [-0.15, -0.1) is 0 Å². The van der Waals surface area contributed by atoms with Crippen LogP contribution in [0.2, 0.25) is 0 Å². The lowest BCUT2D eigenvalue weighted by Gasteiger charge is -2.62. The lowest BCUT2D eigenvalue weighted by atomic mass is 9.44. The van der Waals surface area contributed by atoms with Crippen molar-refractivity contribution in [3.05, 3.63) is 23.8 Å². The van der Waals surface area contributed by atoms with Gasteiger partial charge < -0.3 is 19.7 Å². The van der Waals surface area contributed by atoms with E-state index >= 15 is 8.78 Å². The first-order valence-corrected chi connectivity index (χ1v) is 14.7. The third-order valence-electron chi connectivity index (χ3n) is 11.7. The van der Waals surface area contributed by atoms with Crippen LogP contribution in [0.15, 0.2) is 23.8 Å². The molecule has 2 N–H and O–H groups in total. The fourth-order valence-corrected chi connectivity index (χ4v) is 9.41. The van der Waals surface area contributed by atoms with Crippen molar-refractivity contribution in [2.75, 3.05) is 0 Å². The maximum Gasteiger partial charge on any atom is 0.509 e. The predicted molar refractivity (Wildman–Crippen MR) is 142 cm³/mol. The summed E-state index contributed by atoms with van der Waals surface area (Å²) in [4.78, 5) is 38.2. The Balaban J connectivity index is 1.45. The number of allylic oxidation sites excluding steroid dienone is 4. The Morgan fingerprint density at radius 2 is 1.75 bits per heavy atom. The van der Waals surface area contributed by atoms with Gasteiger partial charge in [-0.3, -0.25) is 4.79 Å². The van der Waals surface area contributed by atoms with Crippen LogP contribution >= 0.6 is 0 Å². The summed E-state index contributed by atoms with van der Waals surface area (Å²) in [5, 5.41) is 22.1. The van der Waals surface area contributed by atoms with Crippen molar-refractivity contribution in [2.24, 2.45) is 40.4 Å². The Hall–Kier alpha value is -2.29. The number of rotatable bonds is 4. The largest absolute Gasteiger partial charge is 0.509 e. The van der Waals surface area contributed by atoms with Gasteiger partial charge in [-0.25, -0.2) is 18.4 Å². The molecule has 0 saturated heterocycles. The van der Waals surface area contributed by atoms with Crippen molar-refractivity contribution in [3.63, 3.8) is 0 Å². The first-order valence-electron chi connectivity index (χ1n) is 14.7. The molecule has 4 fully saturated rings. The number of alkyl halides is 2. The Morgan fingerprint density at radius 1 is 1.10 bits per heavy atom. The van der Waals surface area contributed by atoms with Gasteiger partial charge in [-0.05, 0) is 87.3 Å². The average molecular weight is 565 g/mol. The number of hydrogen-bond donors (Lipinski definition) is 2. The second-order valence-corrected chi connectivity index (χ2v) is 13.8. The van der Waals surface area contributed by atoms with Gasteiger partial charge in [-0.1, -0.05) is 33.8 Å². The molecule has 222 valence electrons. The van der Waals surface area contributed by atoms with Crippen LogP contribution in [-0.4, -0.2) is 57.8 Å². The first-order chi connectivity index (χ1) is 18.6. The monoisotopic (exact) mass is 564 g/mol. The summed E-state index contributed by atoms with van der Waals surface area (Å²) in [6.45, 7) is 9.09. The van der Waals surface area contributed by atoms with Gasteiger partial charge in [-0.2, -0.15) is 0 Å². The quantitative estimate of drug-likeness (QED) is 0.419. The van der Waals surface area contributed by atoms with E-state index in [1.54, 1.807) is 13.8 Å². The molecule has 0 aromatic rings. The maximum absolute atomic E-state index is 17.4. The highest BCUT2D eigenvalue weighted by Crippen LogP contribution is 2.71. The van der Waals surface area contributed by atoms with Gasteiger partial charge in [0.1, 0.15) is 12.3 Å². The van der Waals surface area contributed by atoms with Gasteiger partial charge in [0.25, 0.3) is 0 Å². The fraction of sp³-hybridized carbons (Fsp3) is 0.774. The zero-order chi connectivity index (χ0) is 29.4.